The molecule has 0 aliphatic heterocycles. The number of nitrogens with zero attached hydrogens (tertiary/aromatic N) is 2. The van der Waals surface area contributed by atoms with Gasteiger partial charge in [0.15, 0.2) is 8.32 Å². The number of aromatic nitrogens is 2. The van der Waals surface area contributed by atoms with Crippen LogP contribution in [-0.2, 0) is 10.8 Å². The van der Waals surface area contributed by atoms with Gasteiger partial charge in [-0.2, -0.15) is 0 Å². The van der Waals surface area contributed by atoms with E-state index in [0.29, 0.717) is 0 Å². The van der Waals surface area contributed by atoms with Crippen molar-refractivity contribution in [3.8, 4) is 11.5 Å². The van der Waals surface area contributed by atoms with Gasteiger partial charge in [0.2, 0.25) is 0 Å². The summed E-state index contributed by atoms with van der Waals surface area (Å²) in [5, 5.41) is 0.0925. The molecule has 0 bridgehead atoms. The van der Waals surface area contributed by atoms with Crippen LogP contribution in [0.3, 0.4) is 0 Å². The summed E-state index contributed by atoms with van der Waals surface area (Å²) in [7, 11) is -2.00. The normalized spacial score (nSPS) is 13.9. The van der Waals surface area contributed by atoms with Gasteiger partial charge in [0.25, 0.3) is 5.91 Å². The predicted octanol–water partition coefficient (Wildman–Crippen LogP) is 6.36. The van der Waals surface area contributed by atoms with Crippen LogP contribution in [0.25, 0.3) is 0 Å². The van der Waals surface area contributed by atoms with Crippen molar-refractivity contribution < 1.29 is 14.0 Å². The zero-order chi connectivity index (χ0) is 24.9. The average Bonchev–Trinajstić information content (AvgIpc) is 3.25. The van der Waals surface area contributed by atoms with E-state index in [1.165, 1.54) is 0 Å². The lowest BCUT2D eigenvalue weighted by Crippen LogP contribution is -2.45. The third kappa shape index (κ3) is 6.36. The maximum absolute atomic E-state index is 11.7. The lowest BCUT2D eigenvalue weighted by atomic mass is 10.0. The number of imidazole rings is 1. The van der Waals surface area contributed by atoms with Crippen LogP contribution in [0.1, 0.15) is 56.2 Å². The standard InChI is InChI=1S/C27H37N3O3Si/c1-20(33-34(5,6)27(2,3)4)24(30-18-23(26(28)31)29-19-30)17-16-21-12-10-11-15-25(21)32-22-13-8-7-9-14-22/h7-15,18-20,24H,16-17H2,1-6H3,(H2,28,31)/t20-,24+/m0/s1. The summed E-state index contributed by atoms with van der Waals surface area (Å²) in [5.41, 5.74) is 6.84. The molecule has 0 aliphatic rings. The van der Waals surface area contributed by atoms with Crippen molar-refractivity contribution >= 4 is 14.2 Å². The van der Waals surface area contributed by atoms with Crippen LogP contribution in [0, 0.1) is 0 Å². The Labute approximate surface area is 204 Å². The van der Waals surface area contributed by atoms with Gasteiger partial charge < -0.3 is 19.5 Å². The second-order valence-corrected chi connectivity index (χ2v) is 15.0. The quantitative estimate of drug-likeness (QED) is 0.343. The number of ether oxygens (including phenoxy) is 1. The van der Waals surface area contributed by atoms with Gasteiger partial charge in [-0.25, -0.2) is 4.98 Å². The summed E-state index contributed by atoms with van der Waals surface area (Å²) in [5.74, 6) is 1.12. The maximum Gasteiger partial charge on any atom is 0.268 e. The molecule has 0 saturated carbocycles. The topological polar surface area (TPSA) is 79.4 Å². The highest BCUT2D eigenvalue weighted by Gasteiger charge is 2.40. The molecule has 2 N–H and O–H groups in total. The van der Waals surface area contributed by atoms with Crippen LogP contribution >= 0.6 is 0 Å². The van der Waals surface area contributed by atoms with E-state index in [1.54, 1.807) is 12.5 Å². The molecule has 0 saturated heterocycles. The van der Waals surface area contributed by atoms with Crippen molar-refractivity contribution in [2.24, 2.45) is 5.73 Å². The third-order valence-corrected chi connectivity index (χ3v) is 11.3. The molecular formula is C27H37N3O3Si. The van der Waals surface area contributed by atoms with E-state index in [9.17, 15) is 4.79 Å². The van der Waals surface area contributed by atoms with E-state index >= 15 is 0 Å². The van der Waals surface area contributed by atoms with Gasteiger partial charge in [0.05, 0.1) is 18.5 Å². The Morgan fingerprint density at radius 3 is 2.35 bits per heavy atom. The Morgan fingerprint density at radius 1 is 1.09 bits per heavy atom. The maximum atomic E-state index is 11.7. The molecule has 0 aliphatic carbocycles. The number of rotatable bonds is 10. The van der Waals surface area contributed by atoms with Crippen LogP contribution in [0.15, 0.2) is 67.1 Å². The van der Waals surface area contributed by atoms with Crippen molar-refractivity contribution in [1.82, 2.24) is 9.55 Å². The minimum Gasteiger partial charge on any atom is -0.457 e. The van der Waals surface area contributed by atoms with Crippen molar-refractivity contribution in [2.45, 2.75) is 70.8 Å². The Kier molecular flexibility index (Phi) is 7.99. The summed E-state index contributed by atoms with van der Waals surface area (Å²) in [4.78, 5) is 15.9. The number of para-hydroxylation sites is 2. The monoisotopic (exact) mass is 479 g/mol. The fourth-order valence-electron chi connectivity index (χ4n) is 3.72. The van der Waals surface area contributed by atoms with Gasteiger partial charge in [-0.15, -0.1) is 0 Å². The van der Waals surface area contributed by atoms with Crippen molar-refractivity contribution in [1.29, 1.82) is 0 Å². The summed E-state index contributed by atoms with van der Waals surface area (Å²) in [6, 6.07) is 17.9. The first-order valence-corrected chi connectivity index (χ1v) is 14.7. The number of benzene rings is 2. The highest BCUT2D eigenvalue weighted by atomic mass is 28.4. The summed E-state index contributed by atoms with van der Waals surface area (Å²) < 4.78 is 14.9. The Balaban J connectivity index is 1.84. The molecule has 0 radical (unpaired) electrons. The van der Waals surface area contributed by atoms with Gasteiger partial charge in [-0.05, 0) is 61.7 Å². The van der Waals surface area contributed by atoms with Gasteiger partial charge in [0.1, 0.15) is 17.2 Å². The molecule has 1 amide bonds. The molecular weight excluding hydrogens is 442 g/mol. The molecule has 3 rings (SSSR count). The zero-order valence-electron chi connectivity index (χ0n) is 21.1. The number of carbonyl (C=O) groups excluding carboxylic acids is 1. The first-order valence-electron chi connectivity index (χ1n) is 11.8. The zero-order valence-corrected chi connectivity index (χ0v) is 22.1. The molecule has 2 atom stereocenters. The molecule has 0 spiro atoms. The summed E-state index contributed by atoms with van der Waals surface area (Å²) >= 11 is 0. The van der Waals surface area contributed by atoms with Crippen LogP contribution in [0.4, 0.5) is 0 Å². The lowest BCUT2D eigenvalue weighted by molar-refractivity contribution is 0.0995. The number of carbonyl (C=O) groups is 1. The van der Waals surface area contributed by atoms with E-state index in [0.717, 1.165) is 29.9 Å². The van der Waals surface area contributed by atoms with Gasteiger partial charge in [-0.1, -0.05) is 57.2 Å². The van der Waals surface area contributed by atoms with Crippen LogP contribution in [0.2, 0.25) is 18.1 Å². The van der Waals surface area contributed by atoms with Crippen molar-refractivity contribution in [2.75, 3.05) is 0 Å². The fourth-order valence-corrected chi connectivity index (χ4v) is 5.16. The molecule has 0 fully saturated rings. The predicted molar refractivity (Wildman–Crippen MR) is 139 cm³/mol. The van der Waals surface area contributed by atoms with E-state index in [4.69, 9.17) is 14.9 Å². The van der Waals surface area contributed by atoms with Crippen LogP contribution < -0.4 is 10.5 Å². The average molecular weight is 480 g/mol. The molecule has 1 aromatic heterocycles. The first-order chi connectivity index (χ1) is 16.0. The number of nitrogens with two attached hydrogens (primary N) is 1. The number of amides is 1. The molecule has 3 aromatic rings. The van der Waals surface area contributed by atoms with E-state index in [1.807, 2.05) is 53.1 Å². The number of hydrogen-bond donors (Lipinski definition) is 1. The smallest absolute Gasteiger partial charge is 0.268 e. The third-order valence-electron chi connectivity index (χ3n) is 6.72. The number of aryl methyl sites for hydroxylation is 1. The second kappa shape index (κ2) is 10.6. The van der Waals surface area contributed by atoms with Crippen molar-refractivity contribution in [3.05, 3.63) is 78.4 Å². The fraction of sp³-hybridized carbons (Fsp3) is 0.407. The second-order valence-electron chi connectivity index (χ2n) is 10.3. The SMILES string of the molecule is C[C@H](O[Si](C)(C)C(C)(C)C)[C@@H](CCc1ccccc1Oc1ccccc1)n1cnc(C(N)=O)c1. The molecule has 182 valence electrons. The molecule has 2 aromatic carbocycles. The number of primary amides is 1. The van der Waals surface area contributed by atoms with Crippen LogP contribution in [0.5, 0.6) is 11.5 Å². The molecule has 7 heteroatoms. The molecule has 6 nitrogen and oxygen atoms in total. The van der Waals surface area contributed by atoms with Gasteiger partial charge in [-0.3, -0.25) is 4.79 Å². The number of hydrogen-bond acceptors (Lipinski definition) is 4. The lowest BCUT2D eigenvalue weighted by Gasteiger charge is -2.40. The van der Waals surface area contributed by atoms with Crippen LogP contribution in [-0.4, -0.2) is 29.9 Å². The van der Waals surface area contributed by atoms with E-state index in [-0.39, 0.29) is 22.9 Å². The highest BCUT2D eigenvalue weighted by Crippen LogP contribution is 2.39. The summed E-state index contributed by atoms with van der Waals surface area (Å²) in [6.07, 6.45) is 4.91. The Hall–Kier alpha value is -2.90. The largest absolute Gasteiger partial charge is 0.457 e. The molecule has 1 heterocycles. The summed E-state index contributed by atoms with van der Waals surface area (Å²) in [6.45, 7) is 13.3. The minimum atomic E-state index is -2.00. The molecule has 0 unspecified atom stereocenters. The van der Waals surface area contributed by atoms with Gasteiger partial charge >= 0.3 is 0 Å². The van der Waals surface area contributed by atoms with E-state index < -0.39 is 14.2 Å². The van der Waals surface area contributed by atoms with Gasteiger partial charge in [0, 0.05) is 6.20 Å². The Morgan fingerprint density at radius 2 is 1.74 bits per heavy atom. The first kappa shape index (κ1) is 25.7. The highest BCUT2D eigenvalue weighted by molar-refractivity contribution is 6.74. The van der Waals surface area contributed by atoms with Crippen molar-refractivity contribution in [3.63, 3.8) is 0 Å². The van der Waals surface area contributed by atoms with E-state index in [2.05, 4.69) is 51.8 Å². The minimum absolute atomic E-state index is 0.0143. The molecule has 34 heavy (non-hydrogen) atoms. The Bertz CT molecular complexity index is 1090.